The summed E-state index contributed by atoms with van der Waals surface area (Å²) in [6.45, 7) is 32.1. The predicted octanol–water partition coefficient (Wildman–Crippen LogP) is 20.6. The van der Waals surface area contributed by atoms with Crippen molar-refractivity contribution in [2.24, 2.45) is 0 Å². The van der Waals surface area contributed by atoms with Gasteiger partial charge < -0.3 is 9.13 Å². The van der Waals surface area contributed by atoms with Crippen molar-refractivity contribution >= 4 is 43.6 Å². The first-order chi connectivity index (χ1) is 35.5. The summed E-state index contributed by atoms with van der Waals surface area (Å²) in [4.78, 5) is 0. The quantitative estimate of drug-likeness (QED) is 0.151. The van der Waals surface area contributed by atoms with Crippen molar-refractivity contribution in [3.05, 3.63) is 215 Å². The van der Waals surface area contributed by atoms with Gasteiger partial charge in [0.05, 0.1) is 22.1 Å². The molecule has 0 unspecified atom stereocenters. The number of hydrogen-bond acceptors (Lipinski definition) is 0. The lowest BCUT2D eigenvalue weighted by Crippen LogP contribution is -2.10. The molecular weight excluding hydrogens is 905 g/mol. The minimum absolute atomic E-state index is 0.0401. The van der Waals surface area contributed by atoms with Crippen LogP contribution in [0.1, 0.15) is 123 Å². The van der Waals surface area contributed by atoms with Gasteiger partial charge in [-0.1, -0.05) is 193 Å². The normalized spacial score (nSPS) is 12.7. The zero-order valence-electron chi connectivity index (χ0n) is 46.9. The van der Waals surface area contributed by atoms with Crippen LogP contribution in [0.2, 0.25) is 0 Å². The molecule has 0 saturated carbocycles. The Kier molecular flexibility index (Phi) is 12.1. The van der Waals surface area contributed by atoms with E-state index in [9.17, 15) is 0 Å². The molecule has 9 aromatic carbocycles. The first-order valence-electron chi connectivity index (χ1n) is 27.3. The Hall–Kier alpha value is -7.42. The summed E-state index contributed by atoms with van der Waals surface area (Å²) < 4.78 is 4.93. The van der Waals surface area contributed by atoms with Crippen LogP contribution < -0.4 is 0 Å². The molecule has 11 aromatic rings. The van der Waals surface area contributed by atoms with Crippen LogP contribution in [-0.2, 0) is 28.1 Å². The Morgan fingerprint density at radius 2 is 0.547 bits per heavy atom. The van der Waals surface area contributed by atoms with E-state index in [1.165, 1.54) is 122 Å². The molecule has 0 N–H and O–H groups in total. The van der Waals surface area contributed by atoms with Crippen molar-refractivity contribution in [2.75, 3.05) is 0 Å². The van der Waals surface area contributed by atoms with Crippen LogP contribution in [0.4, 0.5) is 0 Å². The Bertz CT molecular complexity index is 3810. The third kappa shape index (κ3) is 9.11. The topological polar surface area (TPSA) is 9.86 Å². The molecule has 0 radical (unpaired) electrons. The number of rotatable bonds is 7. The molecule has 0 amide bonds. The molecular formula is C73H74N2. The van der Waals surface area contributed by atoms with Gasteiger partial charge in [0.25, 0.3) is 0 Å². The Balaban J connectivity index is 1.08. The fraction of sp³-hybridized carbons (Fsp3) is 0.260. The monoisotopic (exact) mass is 979 g/mol. The second-order valence-electron chi connectivity index (χ2n) is 25.6. The molecule has 2 heteroatoms. The van der Waals surface area contributed by atoms with Gasteiger partial charge in [0.2, 0.25) is 0 Å². The first-order valence-corrected chi connectivity index (χ1v) is 27.3. The van der Waals surface area contributed by atoms with E-state index in [1.807, 2.05) is 0 Å². The molecule has 376 valence electrons. The molecule has 0 saturated heterocycles. The van der Waals surface area contributed by atoms with E-state index in [0.717, 1.165) is 17.8 Å². The summed E-state index contributed by atoms with van der Waals surface area (Å²) in [5.74, 6) is 0. The Labute approximate surface area is 446 Å². The maximum Gasteiger partial charge on any atom is 0.0541 e. The van der Waals surface area contributed by atoms with E-state index in [-0.39, 0.29) is 21.7 Å². The van der Waals surface area contributed by atoms with Gasteiger partial charge in [0.1, 0.15) is 0 Å². The molecule has 0 fully saturated rings. The summed E-state index contributed by atoms with van der Waals surface area (Å²) in [5.41, 5.74) is 25.0. The van der Waals surface area contributed by atoms with Gasteiger partial charge in [-0.25, -0.2) is 0 Å². The van der Waals surface area contributed by atoms with E-state index in [1.54, 1.807) is 0 Å². The van der Waals surface area contributed by atoms with Crippen molar-refractivity contribution in [1.82, 2.24) is 9.13 Å². The molecule has 11 rings (SSSR count). The number of hydrogen-bond donors (Lipinski definition) is 0. The molecule has 75 heavy (non-hydrogen) atoms. The van der Waals surface area contributed by atoms with Crippen molar-refractivity contribution in [3.8, 4) is 55.9 Å². The summed E-state index contributed by atoms with van der Waals surface area (Å²) >= 11 is 0. The molecule has 0 bridgehead atoms. The van der Waals surface area contributed by atoms with Crippen LogP contribution in [0.25, 0.3) is 99.5 Å². The molecule has 0 atom stereocenters. The maximum atomic E-state index is 2.47. The fourth-order valence-electron chi connectivity index (χ4n) is 11.3. The number of nitrogens with zero attached hydrogens (tertiary/aromatic N) is 2. The first kappa shape index (κ1) is 49.8. The molecule has 2 heterocycles. The lowest BCUT2D eigenvalue weighted by molar-refractivity contribution is 0.590. The SMILES string of the molecule is CCc1ccc(-c2cc(-c3ccc(-n4c5ccc(C(C)(C)C)cc5c5cc(C(C)(C)C)ccc54)cc3)c(-c3ccc(C)cc3)cc2-c2ccc(-n3c4ccc(C(C)(C)C)cc4c4cc(C(C)(C)C)ccc43)cc2)cc1. The van der Waals surface area contributed by atoms with E-state index >= 15 is 0 Å². The van der Waals surface area contributed by atoms with Crippen LogP contribution in [0.3, 0.4) is 0 Å². The lowest BCUT2D eigenvalue weighted by atomic mass is 9.85. The van der Waals surface area contributed by atoms with Crippen molar-refractivity contribution < 1.29 is 0 Å². The summed E-state index contributed by atoms with van der Waals surface area (Å²) in [6.07, 6.45) is 0.998. The van der Waals surface area contributed by atoms with Crippen LogP contribution in [0.5, 0.6) is 0 Å². The van der Waals surface area contributed by atoms with E-state index in [2.05, 4.69) is 288 Å². The van der Waals surface area contributed by atoms with Gasteiger partial charge in [0, 0.05) is 32.9 Å². The minimum atomic E-state index is 0.0401. The van der Waals surface area contributed by atoms with E-state index < -0.39 is 0 Å². The summed E-state index contributed by atoms with van der Waals surface area (Å²) in [7, 11) is 0. The fourth-order valence-corrected chi connectivity index (χ4v) is 11.3. The molecule has 2 nitrogen and oxygen atoms in total. The smallest absolute Gasteiger partial charge is 0.0541 e. The highest BCUT2D eigenvalue weighted by molar-refractivity contribution is 6.11. The Morgan fingerprint density at radius 1 is 0.293 bits per heavy atom. The second kappa shape index (κ2) is 18.2. The number of aromatic nitrogens is 2. The highest BCUT2D eigenvalue weighted by Crippen LogP contribution is 2.45. The van der Waals surface area contributed by atoms with Crippen molar-refractivity contribution in [1.29, 1.82) is 0 Å². The zero-order valence-corrected chi connectivity index (χ0v) is 46.9. The van der Waals surface area contributed by atoms with E-state index in [0.29, 0.717) is 0 Å². The summed E-state index contributed by atoms with van der Waals surface area (Å²) in [5, 5.41) is 5.21. The molecule has 0 aliphatic rings. The van der Waals surface area contributed by atoms with Gasteiger partial charge >= 0.3 is 0 Å². The number of fused-ring (bicyclic) bond motifs is 6. The molecule has 2 aromatic heterocycles. The lowest BCUT2D eigenvalue weighted by Gasteiger charge is -2.20. The standard InChI is InChI=1S/C73H74N2/c1-15-47-18-22-49(23-19-47)59-45-60(50-24-32-56(33-25-50)74-66-36-28-52(70(3,4)5)40-62(66)63-41-53(71(6,7)8)29-37-67(63)74)58(48-20-16-46(2)17-21-48)44-61(59)51-26-34-57(35-27-51)75-68-38-30-54(72(9,10)11)42-64(68)65-43-55(73(12,13)14)31-39-69(65)75/h16-45H,15H2,1-14H3. The number of benzene rings is 9. The van der Waals surface area contributed by atoms with Gasteiger partial charge in [0.15, 0.2) is 0 Å². The van der Waals surface area contributed by atoms with Gasteiger partial charge in [-0.15, -0.1) is 0 Å². The van der Waals surface area contributed by atoms with Crippen LogP contribution >= 0.6 is 0 Å². The van der Waals surface area contributed by atoms with Crippen LogP contribution in [0.15, 0.2) is 182 Å². The Morgan fingerprint density at radius 3 is 0.800 bits per heavy atom. The van der Waals surface area contributed by atoms with E-state index in [4.69, 9.17) is 0 Å². The van der Waals surface area contributed by atoms with Gasteiger partial charge in [-0.2, -0.15) is 0 Å². The van der Waals surface area contributed by atoms with Crippen LogP contribution in [0, 0.1) is 6.92 Å². The maximum absolute atomic E-state index is 2.47. The number of aryl methyl sites for hydroxylation is 2. The average molecular weight is 979 g/mol. The molecule has 0 spiro atoms. The molecule has 0 aliphatic heterocycles. The highest BCUT2D eigenvalue weighted by Gasteiger charge is 2.24. The average Bonchev–Trinajstić information content (AvgIpc) is 3.90. The molecule has 0 aliphatic carbocycles. The van der Waals surface area contributed by atoms with Crippen molar-refractivity contribution in [2.45, 2.75) is 125 Å². The zero-order chi connectivity index (χ0) is 52.9. The minimum Gasteiger partial charge on any atom is -0.309 e. The van der Waals surface area contributed by atoms with Crippen LogP contribution in [-0.4, -0.2) is 9.13 Å². The third-order valence-electron chi connectivity index (χ3n) is 16.1. The second-order valence-corrected chi connectivity index (χ2v) is 25.6. The largest absolute Gasteiger partial charge is 0.309 e. The van der Waals surface area contributed by atoms with Crippen molar-refractivity contribution in [3.63, 3.8) is 0 Å². The van der Waals surface area contributed by atoms with Gasteiger partial charge in [-0.3, -0.25) is 0 Å². The highest BCUT2D eigenvalue weighted by atomic mass is 15.0. The predicted molar refractivity (Wildman–Crippen MR) is 326 cm³/mol. The third-order valence-corrected chi connectivity index (χ3v) is 16.1. The van der Waals surface area contributed by atoms with Gasteiger partial charge in [-0.05, 0) is 192 Å². The summed E-state index contributed by atoms with van der Waals surface area (Å²) in [6, 6.07) is 70.3.